The van der Waals surface area contributed by atoms with Crippen LogP contribution in [0.1, 0.15) is 19.3 Å². The van der Waals surface area contributed by atoms with Gasteiger partial charge >= 0.3 is 0 Å². The first-order chi connectivity index (χ1) is 7.97. The molecular formula is C11H17N3O2S. The topological polar surface area (TPSA) is 98.2 Å². The molecule has 1 saturated carbocycles. The molecule has 1 aliphatic rings. The summed E-state index contributed by atoms with van der Waals surface area (Å²) in [4.78, 5) is 0.0632. The molecule has 0 spiro atoms. The number of hydrogen-bond acceptors (Lipinski definition) is 4. The highest BCUT2D eigenvalue weighted by atomic mass is 32.2. The average Bonchev–Trinajstić information content (AvgIpc) is 3.02. The van der Waals surface area contributed by atoms with Crippen LogP contribution in [0.3, 0.4) is 0 Å². The summed E-state index contributed by atoms with van der Waals surface area (Å²) in [6.07, 6.45) is 3.63. The number of anilines is 2. The van der Waals surface area contributed by atoms with Crippen molar-refractivity contribution in [1.29, 1.82) is 0 Å². The van der Waals surface area contributed by atoms with Gasteiger partial charge in [-0.05, 0) is 30.5 Å². The number of nitrogens with one attached hydrogen (secondary N) is 1. The molecule has 1 fully saturated rings. The van der Waals surface area contributed by atoms with Crippen LogP contribution < -0.4 is 16.2 Å². The zero-order valence-corrected chi connectivity index (χ0v) is 10.3. The molecule has 0 radical (unpaired) electrons. The van der Waals surface area contributed by atoms with Crippen LogP contribution in [0.4, 0.5) is 11.4 Å². The fourth-order valence-corrected chi connectivity index (χ4v) is 2.48. The van der Waals surface area contributed by atoms with Crippen LogP contribution in [-0.4, -0.2) is 15.0 Å². The van der Waals surface area contributed by atoms with Gasteiger partial charge in [-0.3, -0.25) is 0 Å². The van der Waals surface area contributed by atoms with E-state index in [1.807, 2.05) is 0 Å². The number of benzene rings is 1. The first-order valence-electron chi connectivity index (χ1n) is 5.63. The van der Waals surface area contributed by atoms with Crippen molar-refractivity contribution < 1.29 is 8.42 Å². The van der Waals surface area contributed by atoms with Gasteiger partial charge in [-0.1, -0.05) is 12.8 Å². The lowest BCUT2D eigenvalue weighted by Crippen LogP contribution is -2.16. The minimum Gasteiger partial charge on any atom is -0.399 e. The third-order valence-electron chi connectivity index (χ3n) is 2.88. The quantitative estimate of drug-likeness (QED) is 0.687. The lowest BCUT2D eigenvalue weighted by Gasteiger charge is -2.11. The van der Waals surface area contributed by atoms with Gasteiger partial charge in [0.25, 0.3) is 0 Å². The second-order valence-electron chi connectivity index (χ2n) is 4.46. The van der Waals surface area contributed by atoms with Crippen molar-refractivity contribution in [3.05, 3.63) is 18.2 Å². The van der Waals surface area contributed by atoms with Crippen LogP contribution in [0.25, 0.3) is 0 Å². The second-order valence-corrected chi connectivity index (χ2v) is 5.99. The fraction of sp³-hybridized carbons (Fsp3) is 0.455. The normalized spacial score (nSPS) is 15.8. The molecule has 0 bridgehead atoms. The van der Waals surface area contributed by atoms with Gasteiger partial charge in [-0.25, -0.2) is 13.6 Å². The minimum absolute atomic E-state index is 0.0632. The lowest BCUT2D eigenvalue weighted by atomic mass is 10.2. The highest BCUT2D eigenvalue weighted by Gasteiger charge is 2.21. The summed E-state index contributed by atoms with van der Waals surface area (Å²) in [5, 5.41) is 8.25. The molecule has 0 aromatic heterocycles. The summed E-state index contributed by atoms with van der Waals surface area (Å²) in [7, 11) is -3.73. The maximum atomic E-state index is 11.4. The van der Waals surface area contributed by atoms with E-state index in [0.717, 1.165) is 18.9 Å². The van der Waals surface area contributed by atoms with Gasteiger partial charge in [0.2, 0.25) is 10.0 Å². The molecule has 5 nitrogen and oxygen atoms in total. The molecule has 6 heteroatoms. The number of primary sulfonamides is 1. The largest absolute Gasteiger partial charge is 0.399 e. The third-order valence-corrected chi connectivity index (χ3v) is 3.83. The van der Waals surface area contributed by atoms with E-state index in [1.165, 1.54) is 18.9 Å². The van der Waals surface area contributed by atoms with Crippen LogP contribution in [0.2, 0.25) is 0 Å². The molecule has 0 amide bonds. The maximum Gasteiger partial charge on any atom is 0.240 e. The number of rotatable bonds is 5. The third kappa shape index (κ3) is 3.34. The van der Waals surface area contributed by atoms with E-state index in [9.17, 15) is 8.42 Å². The van der Waals surface area contributed by atoms with Crippen molar-refractivity contribution in [1.82, 2.24) is 0 Å². The van der Waals surface area contributed by atoms with Crippen molar-refractivity contribution in [2.24, 2.45) is 11.1 Å². The Kier molecular flexibility index (Phi) is 3.26. The Bertz CT molecular complexity index is 509. The van der Waals surface area contributed by atoms with Crippen molar-refractivity contribution in [2.75, 3.05) is 17.6 Å². The molecule has 0 saturated heterocycles. The van der Waals surface area contributed by atoms with Gasteiger partial charge in [-0.15, -0.1) is 0 Å². The molecule has 17 heavy (non-hydrogen) atoms. The first-order valence-corrected chi connectivity index (χ1v) is 7.17. The molecule has 5 N–H and O–H groups in total. The molecular weight excluding hydrogens is 238 g/mol. The Hall–Kier alpha value is -1.27. The monoisotopic (exact) mass is 255 g/mol. The zero-order valence-electron chi connectivity index (χ0n) is 9.52. The van der Waals surface area contributed by atoms with Crippen LogP contribution in [-0.2, 0) is 10.0 Å². The molecule has 2 rings (SSSR count). The van der Waals surface area contributed by atoms with E-state index >= 15 is 0 Å². The van der Waals surface area contributed by atoms with Gasteiger partial charge in [0.05, 0.1) is 5.69 Å². The summed E-state index contributed by atoms with van der Waals surface area (Å²) in [6, 6.07) is 4.70. The SMILES string of the molecule is Nc1ccc(NCCC2CC2)c(S(N)(=O)=O)c1. The number of hydrogen-bond donors (Lipinski definition) is 3. The van der Waals surface area contributed by atoms with Crippen molar-refractivity contribution >= 4 is 21.4 Å². The van der Waals surface area contributed by atoms with E-state index in [2.05, 4.69) is 5.32 Å². The molecule has 94 valence electrons. The standard InChI is InChI=1S/C11H17N3O2S/c12-9-3-4-10(11(7-9)17(13,15)16)14-6-5-8-1-2-8/h3-4,7-8,14H,1-2,5-6,12H2,(H2,13,15,16). The van der Waals surface area contributed by atoms with E-state index in [4.69, 9.17) is 10.9 Å². The Labute approximate surface area is 101 Å². The second kappa shape index (κ2) is 4.54. The van der Waals surface area contributed by atoms with Crippen LogP contribution in [0, 0.1) is 5.92 Å². The molecule has 0 aliphatic heterocycles. The Balaban J connectivity index is 2.13. The molecule has 1 aliphatic carbocycles. The average molecular weight is 255 g/mol. The van der Waals surface area contributed by atoms with Gasteiger partial charge in [0, 0.05) is 12.2 Å². The van der Waals surface area contributed by atoms with E-state index < -0.39 is 10.0 Å². The Morgan fingerprint density at radius 1 is 1.35 bits per heavy atom. The number of sulfonamides is 1. The zero-order chi connectivity index (χ0) is 12.5. The van der Waals surface area contributed by atoms with Gasteiger partial charge < -0.3 is 11.1 Å². The number of nitrogen functional groups attached to an aromatic ring is 1. The summed E-state index contributed by atoms with van der Waals surface area (Å²) >= 11 is 0. The Morgan fingerprint density at radius 3 is 2.65 bits per heavy atom. The van der Waals surface area contributed by atoms with E-state index in [1.54, 1.807) is 12.1 Å². The number of nitrogens with two attached hydrogens (primary N) is 2. The predicted octanol–water partition coefficient (Wildman–Crippen LogP) is 1.13. The predicted molar refractivity (Wildman–Crippen MR) is 68.1 cm³/mol. The molecule has 0 unspecified atom stereocenters. The minimum atomic E-state index is -3.73. The van der Waals surface area contributed by atoms with Gasteiger partial charge in [0.1, 0.15) is 4.90 Å². The molecule has 1 aromatic rings. The first kappa shape index (κ1) is 12.2. The molecule has 1 aromatic carbocycles. The Morgan fingerprint density at radius 2 is 2.06 bits per heavy atom. The van der Waals surface area contributed by atoms with Crippen LogP contribution >= 0.6 is 0 Å². The summed E-state index contributed by atoms with van der Waals surface area (Å²) in [5.41, 5.74) is 6.48. The summed E-state index contributed by atoms with van der Waals surface area (Å²) < 4.78 is 22.8. The van der Waals surface area contributed by atoms with E-state index in [-0.39, 0.29) is 4.90 Å². The molecule has 0 atom stereocenters. The summed E-state index contributed by atoms with van der Waals surface area (Å²) in [5.74, 6) is 0.800. The van der Waals surface area contributed by atoms with Crippen LogP contribution in [0.5, 0.6) is 0 Å². The van der Waals surface area contributed by atoms with E-state index in [0.29, 0.717) is 11.4 Å². The van der Waals surface area contributed by atoms with Crippen LogP contribution in [0.15, 0.2) is 23.1 Å². The highest BCUT2D eigenvalue weighted by Crippen LogP contribution is 2.32. The van der Waals surface area contributed by atoms with Gasteiger partial charge in [-0.2, -0.15) is 0 Å². The lowest BCUT2D eigenvalue weighted by molar-refractivity contribution is 0.598. The molecule has 0 heterocycles. The smallest absolute Gasteiger partial charge is 0.240 e. The highest BCUT2D eigenvalue weighted by molar-refractivity contribution is 7.89. The van der Waals surface area contributed by atoms with Crippen molar-refractivity contribution in [2.45, 2.75) is 24.2 Å². The maximum absolute atomic E-state index is 11.4. The fourth-order valence-electron chi connectivity index (χ4n) is 1.74. The van der Waals surface area contributed by atoms with Crippen molar-refractivity contribution in [3.8, 4) is 0 Å². The van der Waals surface area contributed by atoms with Gasteiger partial charge in [0.15, 0.2) is 0 Å². The van der Waals surface area contributed by atoms with Crippen molar-refractivity contribution in [3.63, 3.8) is 0 Å². The summed E-state index contributed by atoms with van der Waals surface area (Å²) in [6.45, 7) is 0.761.